The number of carbonyl (C=O) groups excluding carboxylic acids is 2. The summed E-state index contributed by atoms with van der Waals surface area (Å²) in [6, 6.07) is 9.52. The number of benzene rings is 1. The van der Waals surface area contributed by atoms with E-state index >= 15 is 0 Å². The number of nitrogens with one attached hydrogen (secondary N) is 1. The summed E-state index contributed by atoms with van der Waals surface area (Å²) < 4.78 is 12.2. The largest absolute Gasteiger partial charge is 0.497 e. The number of amides is 2. The second-order valence-corrected chi connectivity index (χ2v) is 6.68. The highest BCUT2D eigenvalue weighted by molar-refractivity contribution is 5.97. The summed E-state index contributed by atoms with van der Waals surface area (Å²) in [6.45, 7) is 4.99. The Kier molecular flexibility index (Phi) is 7.63. The third-order valence-corrected chi connectivity index (χ3v) is 4.57. The third-order valence-electron chi connectivity index (χ3n) is 4.57. The summed E-state index contributed by atoms with van der Waals surface area (Å²) in [5, 5.41) is 2.79. The van der Waals surface area contributed by atoms with Gasteiger partial charge in [0, 0.05) is 44.4 Å². The zero-order valence-corrected chi connectivity index (χ0v) is 17.2. The molecule has 1 aromatic heterocycles. The number of aromatic nitrogens is 1. The van der Waals surface area contributed by atoms with Crippen LogP contribution in [-0.2, 0) is 9.53 Å². The van der Waals surface area contributed by atoms with Gasteiger partial charge in [0.2, 0.25) is 5.91 Å². The normalized spacial score (nSPS) is 10.6. The molecule has 0 bridgehead atoms. The van der Waals surface area contributed by atoms with Gasteiger partial charge in [-0.1, -0.05) is 0 Å². The van der Waals surface area contributed by atoms with Crippen molar-refractivity contribution < 1.29 is 19.1 Å². The number of rotatable bonds is 9. The van der Waals surface area contributed by atoms with Crippen molar-refractivity contribution in [1.29, 1.82) is 0 Å². The number of hydrogen-bond acceptors (Lipinski definition) is 4. The SMILES string of the molecule is COCCCNC(=O)CN(C)C(=O)c1cc(C)n(-c2ccc(OC)cc2)c1C. The van der Waals surface area contributed by atoms with Crippen LogP contribution in [0.15, 0.2) is 30.3 Å². The second-order valence-electron chi connectivity index (χ2n) is 6.68. The van der Waals surface area contributed by atoms with E-state index in [1.807, 2.05) is 48.7 Å². The van der Waals surface area contributed by atoms with E-state index in [0.29, 0.717) is 18.7 Å². The molecule has 0 spiro atoms. The molecule has 0 unspecified atom stereocenters. The summed E-state index contributed by atoms with van der Waals surface area (Å²) in [4.78, 5) is 26.3. The molecule has 1 aromatic carbocycles. The lowest BCUT2D eigenvalue weighted by molar-refractivity contribution is -0.121. The minimum absolute atomic E-state index is 0.0119. The molecule has 0 aliphatic rings. The minimum atomic E-state index is -0.184. The van der Waals surface area contributed by atoms with E-state index in [2.05, 4.69) is 5.32 Å². The second kappa shape index (κ2) is 9.94. The molecule has 1 heterocycles. The Morgan fingerprint density at radius 3 is 2.43 bits per heavy atom. The van der Waals surface area contributed by atoms with Crippen molar-refractivity contribution in [3.05, 3.63) is 47.3 Å². The summed E-state index contributed by atoms with van der Waals surface area (Å²) in [5.74, 6) is 0.412. The number of aryl methyl sites for hydroxylation is 1. The first-order chi connectivity index (χ1) is 13.4. The predicted molar refractivity (Wildman–Crippen MR) is 108 cm³/mol. The molecule has 7 heteroatoms. The fourth-order valence-electron chi connectivity index (χ4n) is 3.10. The topological polar surface area (TPSA) is 72.8 Å². The van der Waals surface area contributed by atoms with E-state index in [9.17, 15) is 9.59 Å². The fraction of sp³-hybridized carbons (Fsp3) is 0.429. The van der Waals surface area contributed by atoms with Crippen molar-refractivity contribution >= 4 is 11.8 Å². The quantitative estimate of drug-likeness (QED) is 0.671. The molecule has 1 N–H and O–H groups in total. The van der Waals surface area contributed by atoms with Gasteiger partial charge in [-0.05, 0) is 50.6 Å². The third kappa shape index (κ3) is 5.13. The van der Waals surface area contributed by atoms with Gasteiger partial charge in [-0.25, -0.2) is 0 Å². The summed E-state index contributed by atoms with van der Waals surface area (Å²) in [7, 11) is 4.88. The van der Waals surface area contributed by atoms with Gasteiger partial charge in [0.25, 0.3) is 5.91 Å². The molecular formula is C21H29N3O4. The number of likely N-dealkylation sites (N-methyl/N-ethyl adjacent to an activating group) is 1. The van der Waals surface area contributed by atoms with E-state index in [0.717, 1.165) is 29.2 Å². The van der Waals surface area contributed by atoms with Crippen LogP contribution in [0.4, 0.5) is 0 Å². The average molecular weight is 387 g/mol. The Labute approximate surface area is 166 Å². The summed E-state index contributed by atoms with van der Waals surface area (Å²) in [5.41, 5.74) is 3.32. The van der Waals surface area contributed by atoms with Gasteiger partial charge in [-0.2, -0.15) is 0 Å². The molecule has 0 atom stereocenters. The first-order valence-corrected chi connectivity index (χ1v) is 9.23. The molecule has 7 nitrogen and oxygen atoms in total. The van der Waals surface area contributed by atoms with Crippen LogP contribution in [0.1, 0.15) is 28.2 Å². The zero-order valence-electron chi connectivity index (χ0n) is 17.2. The molecule has 2 rings (SSSR count). The van der Waals surface area contributed by atoms with E-state index < -0.39 is 0 Å². The van der Waals surface area contributed by atoms with E-state index in [1.165, 1.54) is 4.90 Å². The molecule has 2 aromatic rings. The molecule has 0 radical (unpaired) electrons. The molecule has 152 valence electrons. The van der Waals surface area contributed by atoms with Gasteiger partial charge in [0.1, 0.15) is 5.75 Å². The van der Waals surface area contributed by atoms with Gasteiger partial charge in [0.05, 0.1) is 19.2 Å². The van der Waals surface area contributed by atoms with Crippen LogP contribution in [-0.4, -0.2) is 62.2 Å². The average Bonchev–Trinajstić information content (AvgIpc) is 2.98. The number of nitrogens with zero attached hydrogens (tertiary/aromatic N) is 2. The lowest BCUT2D eigenvalue weighted by Crippen LogP contribution is -2.39. The maximum atomic E-state index is 12.9. The van der Waals surface area contributed by atoms with Crippen molar-refractivity contribution in [2.75, 3.05) is 41.0 Å². The van der Waals surface area contributed by atoms with E-state index in [1.54, 1.807) is 21.3 Å². The molecule has 0 saturated heterocycles. The summed E-state index contributed by atoms with van der Waals surface area (Å²) >= 11 is 0. The fourth-order valence-corrected chi connectivity index (χ4v) is 3.10. The van der Waals surface area contributed by atoms with Crippen LogP contribution in [0, 0.1) is 13.8 Å². The van der Waals surface area contributed by atoms with Crippen LogP contribution in [0.2, 0.25) is 0 Å². The number of hydrogen-bond donors (Lipinski definition) is 1. The molecule has 28 heavy (non-hydrogen) atoms. The van der Waals surface area contributed by atoms with Crippen molar-refractivity contribution in [3.8, 4) is 11.4 Å². The zero-order chi connectivity index (χ0) is 20.7. The van der Waals surface area contributed by atoms with Crippen molar-refractivity contribution in [2.24, 2.45) is 0 Å². The first-order valence-electron chi connectivity index (χ1n) is 9.23. The Morgan fingerprint density at radius 1 is 1.14 bits per heavy atom. The molecule has 0 aliphatic carbocycles. The van der Waals surface area contributed by atoms with Gasteiger partial charge in [-0.15, -0.1) is 0 Å². The maximum Gasteiger partial charge on any atom is 0.255 e. The Bertz CT molecular complexity index is 812. The van der Waals surface area contributed by atoms with Gasteiger partial charge < -0.3 is 24.3 Å². The Morgan fingerprint density at radius 2 is 1.82 bits per heavy atom. The van der Waals surface area contributed by atoms with E-state index in [4.69, 9.17) is 9.47 Å². The number of methoxy groups -OCH3 is 2. The van der Waals surface area contributed by atoms with Crippen LogP contribution in [0.3, 0.4) is 0 Å². The van der Waals surface area contributed by atoms with Crippen LogP contribution < -0.4 is 10.1 Å². The monoisotopic (exact) mass is 387 g/mol. The van der Waals surface area contributed by atoms with Crippen LogP contribution in [0.25, 0.3) is 5.69 Å². The molecule has 0 saturated carbocycles. The summed E-state index contributed by atoms with van der Waals surface area (Å²) in [6.07, 6.45) is 0.739. The smallest absolute Gasteiger partial charge is 0.255 e. The highest BCUT2D eigenvalue weighted by Gasteiger charge is 2.21. The first kappa shape index (κ1) is 21.5. The molecule has 0 aliphatic heterocycles. The van der Waals surface area contributed by atoms with Crippen molar-refractivity contribution in [1.82, 2.24) is 14.8 Å². The minimum Gasteiger partial charge on any atom is -0.497 e. The highest BCUT2D eigenvalue weighted by Crippen LogP contribution is 2.23. The Hall–Kier alpha value is -2.80. The van der Waals surface area contributed by atoms with E-state index in [-0.39, 0.29) is 18.4 Å². The van der Waals surface area contributed by atoms with Crippen molar-refractivity contribution in [2.45, 2.75) is 20.3 Å². The van der Waals surface area contributed by atoms with Crippen LogP contribution in [0.5, 0.6) is 5.75 Å². The molecule has 0 fully saturated rings. The Balaban J connectivity index is 2.10. The predicted octanol–water partition coefficient (Wildman–Crippen LogP) is 2.33. The van der Waals surface area contributed by atoms with Gasteiger partial charge in [0.15, 0.2) is 0 Å². The van der Waals surface area contributed by atoms with Crippen molar-refractivity contribution in [3.63, 3.8) is 0 Å². The molecule has 2 amide bonds. The number of carbonyl (C=O) groups is 2. The van der Waals surface area contributed by atoms with Crippen LogP contribution >= 0.6 is 0 Å². The van der Waals surface area contributed by atoms with Gasteiger partial charge >= 0.3 is 0 Å². The molecular weight excluding hydrogens is 358 g/mol. The van der Waals surface area contributed by atoms with Gasteiger partial charge in [-0.3, -0.25) is 9.59 Å². The highest BCUT2D eigenvalue weighted by atomic mass is 16.5. The maximum absolute atomic E-state index is 12.9. The lowest BCUT2D eigenvalue weighted by atomic mass is 10.2. The lowest BCUT2D eigenvalue weighted by Gasteiger charge is -2.17. The standard InChI is InChI=1S/C21H29N3O4/c1-15-13-19(16(2)24(15)17-7-9-18(28-5)10-8-17)21(26)23(3)14-20(25)22-11-6-12-27-4/h7-10,13H,6,11-12,14H2,1-5H3,(H,22,25). The number of ether oxygens (including phenoxy) is 2.